The molecule has 0 saturated heterocycles. The smallest absolute Gasteiger partial charge is 0.229 e. The zero-order valence-electron chi connectivity index (χ0n) is 12.2. The van der Waals surface area contributed by atoms with Crippen molar-refractivity contribution in [3.05, 3.63) is 17.7 Å². The molecule has 0 radical (unpaired) electrons. The van der Waals surface area contributed by atoms with Crippen molar-refractivity contribution in [2.75, 3.05) is 18.5 Å². The summed E-state index contributed by atoms with van der Waals surface area (Å²) in [5, 5.41) is 2.79. The first kappa shape index (κ1) is 14.4. The molecule has 1 amide bonds. The SMILES string of the molecule is CC(=O)c1cc2c(cc1NC(=O)C(C)(C)C)OCCO2. The number of amides is 1. The molecule has 0 unspecified atom stereocenters. The molecule has 0 saturated carbocycles. The molecule has 0 fully saturated rings. The lowest BCUT2D eigenvalue weighted by Crippen LogP contribution is -2.28. The molecular weight excluding hydrogens is 258 g/mol. The number of hydrogen-bond donors (Lipinski definition) is 1. The number of ether oxygens (including phenoxy) is 2. The maximum absolute atomic E-state index is 12.1. The van der Waals surface area contributed by atoms with Crippen LogP contribution in [0.25, 0.3) is 0 Å². The summed E-state index contributed by atoms with van der Waals surface area (Å²) in [7, 11) is 0. The van der Waals surface area contributed by atoms with E-state index in [4.69, 9.17) is 9.47 Å². The van der Waals surface area contributed by atoms with Gasteiger partial charge >= 0.3 is 0 Å². The van der Waals surface area contributed by atoms with Gasteiger partial charge in [0.1, 0.15) is 13.2 Å². The molecule has 1 aliphatic rings. The second-order valence-electron chi connectivity index (χ2n) is 5.80. The summed E-state index contributed by atoms with van der Waals surface area (Å²) in [6.45, 7) is 7.81. The molecule has 1 aliphatic heterocycles. The van der Waals surface area contributed by atoms with E-state index < -0.39 is 5.41 Å². The van der Waals surface area contributed by atoms with Crippen molar-refractivity contribution < 1.29 is 19.1 Å². The minimum atomic E-state index is -0.540. The lowest BCUT2D eigenvalue weighted by molar-refractivity contribution is -0.123. The van der Waals surface area contributed by atoms with Crippen molar-refractivity contribution in [3.8, 4) is 11.5 Å². The Morgan fingerprint density at radius 2 is 1.65 bits per heavy atom. The zero-order chi connectivity index (χ0) is 14.9. The fraction of sp³-hybridized carbons (Fsp3) is 0.467. The van der Waals surface area contributed by atoms with Crippen molar-refractivity contribution >= 4 is 17.4 Å². The highest BCUT2D eigenvalue weighted by Crippen LogP contribution is 2.36. The van der Waals surface area contributed by atoms with Gasteiger partial charge in [-0.25, -0.2) is 0 Å². The number of nitrogens with one attached hydrogen (secondary N) is 1. The van der Waals surface area contributed by atoms with Gasteiger partial charge in [-0.2, -0.15) is 0 Å². The molecule has 1 aromatic carbocycles. The van der Waals surface area contributed by atoms with Gasteiger partial charge in [-0.1, -0.05) is 20.8 Å². The Kier molecular flexibility index (Phi) is 3.70. The van der Waals surface area contributed by atoms with Crippen molar-refractivity contribution in [2.24, 2.45) is 5.41 Å². The molecule has 0 spiro atoms. The third kappa shape index (κ3) is 2.92. The number of Topliss-reactive ketones (excluding diaryl/α,β-unsaturated/α-hetero) is 1. The predicted molar refractivity (Wildman–Crippen MR) is 75.5 cm³/mol. The summed E-state index contributed by atoms with van der Waals surface area (Å²) in [5.74, 6) is 0.795. The van der Waals surface area contributed by atoms with Gasteiger partial charge in [-0.3, -0.25) is 9.59 Å². The van der Waals surface area contributed by atoms with E-state index in [0.29, 0.717) is 36.0 Å². The molecule has 108 valence electrons. The minimum Gasteiger partial charge on any atom is -0.486 e. The van der Waals surface area contributed by atoms with E-state index in [0.717, 1.165) is 0 Å². The highest BCUT2D eigenvalue weighted by atomic mass is 16.6. The summed E-state index contributed by atoms with van der Waals surface area (Å²) in [4.78, 5) is 23.8. The number of rotatable bonds is 2. The van der Waals surface area contributed by atoms with Gasteiger partial charge in [0.15, 0.2) is 17.3 Å². The molecule has 0 bridgehead atoms. The fourth-order valence-corrected chi connectivity index (χ4v) is 1.79. The average Bonchev–Trinajstić information content (AvgIpc) is 2.36. The Morgan fingerprint density at radius 1 is 1.10 bits per heavy atom. The standard InChI is InChI=1S/C15H19NO4/c1-9(17)10-7-12-13(20-6-5-19-12)8-11(10)16-14(18)15(2,3)4/h7-8H,5-6H2,1-4H3,(H,16,18). The quantitative estimate of drug-likeness (QED) is 0.844. The predicted octanol–water partition coefficient (Wildman–Crippen LogP) is 2.65. The second-order valence-corrected chi connectivity index (χ2v) is 5.80. The highest BCUT2D eigenvalue weighted by molar-refractivity contribution is 6.05. The lowest BCUT2D eigenvalue weighted by Gasteiger charge is -2.23. The van der Waals surface area contributed by atoms with E-state index in [2.05, 4.69) is 5.32 Å². The van der Waals surface area contributed by atoms with Crippen LogP contribution in [-0.2, 0) is 4.79 Å². The van der Waals surface area contributed by atoms with Crippen LogP contribution in [0.2, 0.25) is 0 Å². The third-order valence-corrected chi connectivity index (χ3v) is 2.99. The van der Waals surface area contributed by atoms with Gasteiger partial charge in [-0.15, -0.1) is 0 Å². The molecular formula is C15H19NO4. The maximum atomic E-state index is 12.1. The average molecular weight is 277 g/mol. The number of hydrogen-bond acceptors (Lipinski definition) is 4. The summed E-state index contributed by atoms with van der Waals surface area (Å²) < 4.78 is 10.9. The molecule has 0 aromatic heterocycles. The van der Waals surface area contributed by atoms with Gasteiger partial charge in [0.05, 0.1) is 5.69 Å². The van der Waals surface area contributed by atoms with Crippen molar-refractivity contribution in [2.45, 2.75) is 27.7 Å². The molecule has 1 aromatic rings. The van der Waals surface area contributed by atoms with Crippen LogP contribution >= 0.6 is 0 Å². The molecule has 0 aliphatic carbocycles. The third-order valence-electron chi connectivity index (χ3n) is 2.99. The molecule has 1 heterocycles. The van der Waals surface area contributed by atoms with E-state index in [9.17, 15) is 9.59 Å². The number of benzene rings is 1. The first-order valence-corrected chi connectivity index (χ1v) is 6.55. The highest BCUT2D eigenvalue weighted by Gasteiger charge is 2.24. The van der Waals surface area contributed by atoms with Gasteiger partial charge in [0, 0.05) is 17.0 Å². The summed E-state index contributed by atoms with van der Waals surface area (Å²) in [6, 6.07) is 3.27. The summed E-state index contributed by atoms with van der Waals surface area (Å²) in [5.41, 5.74) is 0.343. The normalized spacial score (nSPS) is 13.8. The van der Waals surface area contributed by atoms with E-state index in [1.807, 2.05) is 20.8 Å². The molecule has 2 rings (SSSR count). The summed E-state index contributed by atoms with van der Waals surface area (Å²) >= 11 is 0. The van der Waals surface area contributed by atoms with Gasteiger partial charge in [0.2, 0.25) is 5.91 Å². The minimum absolute atomic E-state index is 0.133. The van der Waals surface area contributed by atoms with Crippen molar-refractivity contribution in [3.63, 3.8) is 0 Å². The number of carbonyl (C=O) groups is 2. The number of carbonyl (C=O) groups excluding carboxylic acids is 2. The van der Waals surface area contributed by atoms with Crippen LogP contribution in [0.5, 0.6) is 11.5 Å². The fourth-order valence-electron chi connectivity index (χ4n) is 1.79. The van der Waals surface area contributed by atoms with Crippen LogP contribution < -0.4 is 14.8 Å². The lowest BCUT2D eigenvalue weighted by atomic mass is 9.95. The van der Waals surface area contributed by atoms with Crippen LogP contribution in [-0.4, -0.2) is 24.9 Å². The monoisotopic (exact) mass is 277 g/mol. The first-order chi connectivity index (χ1) is 9.29. The van der Waals surface area contributed by atoms with Crippen LogP contribution in [0, 0.1) is 5.41 Å². The zero-order valence-corrected chi connectivity index (χ0v) is 12.2. The van der Waals surface area contributed by atoms with E-state index >= 15 is 0 Å². The Bertz CT molecular complexity index is 558. The van der Waals surface area contributed by atoms with Gasteiger partial charge < -0.3 is 14.8 Å². The van der Waals surface area contributed by atoms with Crippen LogP contribution in [0.15, 0.2) is 12.1 Å². The van der Waals surface area contributed by atoms with Gasteiger partial charge in [0.25, 0.3) is 0 Å². The van der Waals surface area contributed by atoms with Gasteiger partial charge in [-0.05, 0) is 13.0 Å². The Labute approximate surface area is 118 Å². The van der Waals surface area contributed by atoms with Crippen molar-refractivity contribution in [1.29, 1.82) is 0 Å². The number of fused-ring (bicyclic) bond motifs is 1. The number of ketones is 1. The Hall–Kier alpha value is -2.04. The van der Waals surface area contributed by atoms with E-state index in [1.165, 1.54) is 6.92 Å². The van der Waals surface area contributed by atoms with Crippen LogP contribution in [0.3, 0.4) is 0 Å². The Balaban J connectivity index is 2.40. The largest absolute Gasteiger partial charge is 0.486 e. The molecule has 0 atom stereocenters. The Morgan fingerprint density at radius 3 is 2.15 bits per heavy atom. The number of anilines is 1. The van der Waals surface area contributed by atoms with E-state index in [1.54, 1.807) is 12.1 Å². The van der Waals surface area contributed by atoms with Crippen molar-refractivity contribution in [1.82, 2.24) is 0 Å². The molecule has 1 N–H and O–H groups in total. The molecule has 20 heavy (non-hydrogen) atoms. The topological polar surface area (TPSA) is 64.6 Å². The molecule has 5 nitrogen and oxygen atoms in total. The molecule has 5 heteroatoms. The van der Waals surface area contributed by atoms with Crippen LogP contribution in [0.1, 0.15) is 38.1 Å². The van der Waals surface area contributed by atoms with Crippen LogP contribution in [0.4, 0.5) is 5.69 Å². The summed E-state index contributed by atoms with van der Waals surface area (Å²) in [6.07, 6.45) is 0. The maximum Gasteiger partial charge on any atom is 0.229 e. The second kappa shape index (κ2) is 5.15. The van der Waals surface area contributed by atoms with E-state index in [-0.39, 0.29) is 11.7 Å². The first-order valence-electron chi connectivity index (χ1n) is 6.55.